The van der Waals surface area contributed by atoms with Gasteiger partial charge < -0.3 is 8.92 Å². The zero-order chi connectivity index (χ0) is 17.2. The van der Waals surface area contributed by atoms with Crippen LogP contribution < -0.4 is 8.92 Å². The average Bonchev–Trinajstić information content (AvgIpc) is 2.44. The molecule has 0 amide bonds. The van der Waals surface area contributed by atoms with Crippen molar-refractivity contribution in [2.45, 2.75) is 18.7 Å². The number of hydrogen-bond acceptors (Lipinski definition) is 6. The third-order valence-electron chi connectivity index (χ3n) is 3.04. The van der Waals surface area contributed by atoms with E-state index in [0.717, 1.165) is 17.2 Å². The number of hydrogen-bond donors (Lipinski definition) is 0. The van der Waals surface area contributed by atoms with E-state index in [1.54, 1.807) is 12.1 Å². The molecule has 7 nitrogen and oxygen atoms in total. The van der Waals surface area contributed by atoms with E-state index in [9.17, 15) is 18.5 Å². The van der Waals surface area contributed by atoms with Gasteiger partial charge in [-0.25, -0.2) is 0 Å². The second kappa shape index (κ2) is 6.25. The molecule has 122 valence electrons. The molecule has 0 aliphatic rings. The zero-order valence-electron chi connectivity index (χ0n) is 12.8. The van der Waals surface area contributed by atoms with Crippen molar-refractivity contribution in [3.63, 3.8) is 0 Å². The van der Waals surface area contributed by atoms with Gasteiger partial charge in [0.2, 0.25) is 0 Å². The second-order valence-corrected chi connectivity index (χ2v) is 6.50. The maximum Gasteiger partial charge on any atom is 0.339 e. The van der Waals surface area contributed by atoms with E-state index in [-0.39, 0.29) is 16.4 Å². The van der Waals surface area contributed by atoms with E-state index in [1.165, 1.54) is 19.2 Å². The quantitative estimate of drug-likeness (QED) is 0.473. The molecule has 0 aromatic heterocycles. The van der Waals surface area contributed by atoms with Gasteiger partial charge in [-0.2, -0.15) is 8.42 Å². The number of benzene rings is 2. The molecule has 0 radical (unpaired) electrons. The van der Waals surface area contributed by atoms with Gasteiger partial charge in [0, 0.05) is 6.07 Å². The topological polar surface area (TPSA) is 95.7 Å². The Labute approximate surface area is 133 Å². The highest BCUT2D eigenvalue weighted by molar-refractivity contribution is 7.87. The molecule has 0 aliphatic carbocycles. The summed E-state index contributed by atoms with van der Waals surface area (Å²) in [4.78, 5) is 9.97. The summed E-state index contributed by atoms with van der Waals surface area (Å²) in [5, 5.41) is 11.0. The normalized spacial score (nSPS) is 11.1. The van der Waals surface area contributed by atoms with Crippen LogP contribution in [0.15, 0.2) is 41.3 Å². The van der Waals surface area contributed by atoms with Gasteiger partial charge in [-0.3, -0.25) is 10.1 Å². The minimum atomic E-state index is -4.19. The molecule has 0 N–H and O–H groups in total. The molecule has 0 heterocycles. The van der Waals surface area contributed by atoms with Crippen LogP contribution >= 0.6 is 0 Å². The lowest BCUT2D eigenvalue weighted by molar-refractivity contribution is -0.386. The van der Waals surface area contributed by atoms with Crippen molar-refractivity contribution in [3.05, 3.63) is 57.6 Å². The first-order valence-electron chi connectivity index (χ1n) is 6.58. The zero-order valence-corrected chi connectivity index (χ0v) is 13.6. The Morgan fingerprint density at radius 1 is 1.04 bits per heavy atom. The number of ether oxygens (including phenoxy) is 1. The molecule has 0 fully saturated rings. The standard InChI is InChI=1S/C15H15NO6S/c1-10-6-11(2)8-12(7-10)22-23(19,20)13-4-5-15(21-3)14(9-13)16(17)18/h4-9H,1-3H3. The molecule has 0 saturated carbocycles. The van der Waals surface area contributed by atoms with Crippen LogP contribution in [0.4, 0.5) is 5.69 Å². The number of aryl methyl sites for hydroxylation is 2. The molecule has 2 aromatic rings. The monoisotopic (exact) mass is 337 g/mol. The Hall–Kier alpha value is -2.61. The Bertz CT molecular complexity index is 840. The summed E-state index contributed by atoms with van der Waals surface area (Å²) < 4.78 is 34.5. The fourth-order valence-corrected chi connectivity index (χ4v) is 3.06. The molecule has 8 heteroatoms. The first-order valence-corrected chi connectivity index (χ1v) is 7.99. The minimum Gasteiger partial charge on any atom is -0.490 e. The Kier molecular flexibility index (Phi) is 4.55. The molecule has 0 saturated heterocycles. The van der Waals surface area contributed by atoms with Gasteiger partial charge in [0.25, 0.3) is 0 Å². The molecule has 0 aliphatic heterocycles. The highest BCUT2D eigenvalue weighted by Crippen LogP contribution is 2.30. The van der Waals surface area contributed by atoms with Crippen LogP contribution in [-0.2, 0) is 10.1 Å². The van der Waals surface area contributed by atoms with Gasteiger partial charge in [0.15, 0.2) is 5.75 Å². The van der Waals surface area contributed by atoms with Crippen molar-refractivity contribution in [2.24, 2.45) is 0 Å². The molecule has 0 unspecified atom stereocenters. The summed E-state index contributed by atoms with van der Waals surface area (Å²) in [6, 6.07) is 8.35. The third kappa shape index (κ3) is 3.78. The van der Waals surface area contributed by atoms with E-state index < -0.39 is 20.7 Å². The van der Waals surface area contributed by atoms with Crippen molar-refractivity contribution >= 4 is 15.8 Å². The number of methoxy groups -OCH3 is 1. The van der Waals surface area contributed by atoms with E-state index in [4.69, 9.17) is 8.92 Å². The largest absolute Gasteiger partial charge is 0.490 e. The lowest BCUT2D eigenvalue weighted by Gasteiger charge is -2.09. The highest BCUT2D eigenvalue weighted by atomic mass is 32.2. The van der Waals surface area contributed by atoms with E-state index in [2.05, 4.69) is 0 Å². The predicted octanol–water partition coefficient (Wildman–Crippen LogP) is 2.99. The third-order valence-corrected chi connectivity index (χ3v) is 4.28. The lowest BCUT2D eigenvalue weighted by atomic mass is 10.1. The highest BCUT2D eigenvalue weighted by Gasteiger charge is 2.23. The first-order chi connectivity index (χ1) is 10.7. The van der Waals surface area contributed by atoms with Crippen LogP contribution in [0.1, 0.15) is 11.1 Å². The fourth-order valence-electron chi connectivity index (χ4n) is 2.12. The van der Waals surface area contributed by atoms with Crippen LogP contribution in [0.2, 0.25) is 0 Å². The van der Waals surface area contributed by atoms with Crippen LogP contribution in [0.25, 0.3) is 0 Å². The van der Waals surface area contributed by atoms with Gasteiger partial charge in [0.05, 0.1) is 12.0 Å². The molecule has 0 spiro atoms. The molecule has 2 aromatic carbocycles. The van der Waals surface area contributed by atoms with Gasteiger partial charge in [-0.05, 0) is 49.2 Å². The number of rotatable bonds is 5. The smallest absolute Gasteiger partial charge is 0.339 e. The minimum absolute atomic E-state index is 0.0275. The summed E-state index contributed by atoms with van der Waals surface area (Å²) in [7, 11) is -2.92. The molecular weight excluding hydrogens is 322 g/mol. The van der Waals surface area contributed by atoms with Crippen LogP contribution in [0.5, 0.6) is 11.5 Å². The van der Waals surface area contributed by atoms with Gasteiger partial charge in [0.1, 0.15) is 10.6 Å². The Morgan fingerprint density at radius 3 is 2.17 bits per heavy atom. The molecular formula is C15H15NO6S. The second-order valence-electron chi connectivity index (χ2n) is 4.95. The van der Waals surface area contributed by atoms with E-state index in [0.29, 0.717) is 0 Å². The molecule has 2 rings (SSSR count). The maximum atomic E-state index is 12.3. The summed E-state index contributed by atoms with van der Waals surface area (Å²) in [5.41, 5.74) is 1.24. The van der Waals surface area contributed by atoms with Crippen LogP contribution in [-0.4, -0.2) is 20.5 Å². The molecule has 0 bridgehead atoms. The Morgan fingerprint density at radius 2 is 1.65 bits per heavy atom. The molecule has 23 heavy (non-hydrogen) atoms. The van der Waals surface area contributed by atoms with Crippen molar-refractivity contribution in [1.82, 2.24) is 0 Å². The van der Waals surface area contributed by atoms with Gasteiger partial charge >= 0.3 is 15.8 Å². The number of nitro groups is 1. The van der Waals surface area contributed by atoms with Gasteiger partial charge in [-0.1, -0.05) is 6.07 Å². The average molecular weight is 337 g/mol. The number of nitrogens with zero attached hydrogens (tertiary/aromatic N) is 1. The predicted molar refractivity (Wildman–Crippen MR) is 83.4 cm³/mol. The first kappa shape index (κ1) is 16.8. The number of nitro benzene ring substituents is 1. The van der Waals surface area contributed by atoms with E-state index >= 15 is 0 Å². The SMILES string of the molecule is COc1ccc(S(=O)(=O)Oc2cc(C)cc(C)c2)cc1[N+](=O)[O-]. The van der Waals surface area contributed by atoms with Crippen molar-refractivity contribution < 1.29 is 22.3 Å². The summed E-state index contributed by atoms with van der Waals surface area (Å²) in [6.45, 7) is 3.62. The van der Waals surface area contributed by atoms with Crippen molar-refractivity contribution in [3.8, 4) is 11.5 Å². The molecule has 0 atom stereocenters. The summed E-state index contributed by atoms with van der Waals surface area (Å²) >= 11 is 0. The van der Waals surface area contributed by atoms with Crippen molar-refractivity contribution in [1.29, 1.82) is 0 Å². The lowest BCUT2D eigenvalue weighted by Crippen LogP contribution is -2.10. The van der Waals surface area contributed by atoms with Crippen LogP contribution in [0.3, 0.4) is 0 Å². The maximum absolute atomic E-state index is 12.3. The summed E-state index contributed by atoms with van der Waals surface area (Å²) in [5.74, 6) is 0.126. The van der Waals surface area contributed by atoms with Crippen LogP contribution in [0, 0.1) is 24.0 Å². The van der Waals surface area contributed by atoms with Gasteiger partial charge in [-0.15, -0.1) is 0 Å². The van der Waals surface area contributed by atoms with Crippen molar-refractivity contribution in [2.75, 3.05) is 7.11 Å². The summed E-state index contributed by atoms with van der Waals surface area (Å²) in [6.07, 6.45) is 0. The Balaban J connectivity index is 2.43. The van der Waals surface area contributed by atoms with E-state index in [1.807, 2.05) is 19.9 Å². The fraction of sp³-hybridized carbons (Fsp3) is 0.200.